The van der Waals surface area contributed by atoms with Crippen molar-refractivity contribution < 1.29 is 10.2 Å². The molecule has 5 aromatic rings. The number of aromatic hydroxyl groups is 2. The zero-order chi connectivity index (χ0) is 25.8. The molecule has 5 rings (SSSR count). The first-order valence-electron chi connectivity index (χ1n) is 14.3. The van der Waals surface area contributed by atoms with Gasteiger partial charge in [0.25, 0.3) is 0 Å². The zero-order valence-electron chi connectivity index (χ0n) is 22.4. The number of phenolic OH excluding ortho intramolecular Hbond substituents is 2. The number of aryl methyl sites for hydroxylation is 2. The van der Waals surface area contributed by atoms with Gasteiger partial charge in [0.1, 0.15) is 11.5 Å². The fourth-order valence-electron chi connectivity index (χ4n) is 5.82. The van der Waals surface area contributed by atoms with Gasteiger partial charge >= 0.3 is 0 Å². The maximum absolute atomic E-state index is 11.3. The monoisotopic (exact) mass is 492 g/mol. The summed E-state index contributed by atoms with van der Waals surface area (Å²) in [4.78, 5) is 0. The van der Waals surface area contributed by atoms with Gasteiger partial charge < -0.3 is 10.2 Å². The molecule has 0 aliphatic rings. The van der Waals surface area contributed by atoms with Gasteiger partial charge in [-0.25, -0.2) is 0 Å². The van der Waals surface area contributed by atoms with E-state index in [1.165, 1.54) is 69.8 Å². The average Bonchev–Trinajstić information content (AvgIpc) is 2.90. The maximum Gasteiger partial charge on any atom is 0.131 e. The van der Waals surface area contributed by atoms with Crippen LogP contribution < -0.4 is 0 Å². The molecule has 0 atom stereocenters. The largest absolute Gasteiger partial charge is 0.507 e. The molecule has 0 bridgehead atoms. The number of hydrogen-bond acceptors (Lipinski definition) is 2. The zero-order valence-corrected chi connectivity index (χ0v) is 22.4. The molecule has 0 unspecified atom stereocenters. The highest BCUT2D eigenvalue weighted by molar-refractivity contribution is 6.14. The minimum absolute atomic E-state index is 0.285. The van der Waals surface area contributed by atoms with Crippen LogP contribution in [0.25, 0.3) is 43.1 Å². The Morgan fingerprint density at radius 1 is 0.486 bits per heavy atom. The molecule has 0 aromatic heterocycles. The van der Waals surface area contributed by atoms with Crippen molar-refractivity contribution >= 4 is 43.1 Å². The van der Waals surface area contributed by atoms with Crippen LogP contribution in [0.1, 0.15) is 82.3 Å². The second kappa shape index (κ2) is 11.4. The summed E-state index contributed by atoms with van der Waals surface area (Å²) in [6, 6.07) is 21.0. The number of benzene rings is 5. The highest BCUT2D eigenvalue weighted by Gasteiger charge is 2.13. The Balaban J connectivity index is 1.33. The molecular formula is C35H40O2. The van der Waals surface area contributed by atoms with Crippen molar-refractivity contribution in [2.75, 3.05) is 0 Å². The highest BCUT2D eigenvalue weighted by atomic mass is 16.3. The summed E-state index contributed by atoms with van der Waals surface area (Å²) in [5, 5.41) is 29.8. The molecule has 5 aromatic carbocycles. The third-order valence-corrected chi connectivity index (χ3v) is 8.01. The molecule has 192 valence electrons. The smallest absolute Gasteiger partial charge is 0.131 e. The second-order valence-electron chi connectivity index (χ2n) is 11.0. The normalized spacial score (nSPS) is 11.8. The van der Waals surface area contributed by atoms with E-state index in [1.54, 1.807) is 0 Å². The molecule has 0 heterocycles. The summed E-state index contributed by atoms with van der Waals surface area (Å²) in [5.41, 5.74) is 2.40. The topological polar surface area (TPSA) is 40.5 Å². The summed E-state index contributed by atoms with van der Waals surface area (Å²) in [5.74, 6) is 0.593. The van der Waals surface area contributed by atoms with Crippen LogP contribution in [-0.4, -0.2) is 10.2 Å². The van der Waals surface area contributed by atoms with E-state index in [-0.39, 0.29) is 5.75 Å². The number of phenols is 2. The lowest BCUT2D eigenvalue weighted by molar-refractivity contribution is 0.487. The average molecular weight is 493 g/mol. The summed E-state index contributed by atoms with van der Waals surface area (Å²) in [7, 11) is 0. The Labute approximate surface area is 220 Å². The summed E-state index contributed by atoms with van der Waals surface area (Å²) < 4.78 is 0. The van der Waals surface area contributed by atoms with Crippen LogP contribution in [0.4, 0.5) is 0 Å². The SMILES string of the molecule is CCCCCCCCCCCCc1ccc2cc3cc4cc5ccc(C)cc5c(O)c4cc3c(O)c2c1. The lowest BCUT2D eigenvalue weighted by atomic mass is 9.94. The number of fused-ring (bicyclic) bond motifs is 4. The molecule has 0 saturated carbocycles. The molecule has 0 spiro atoms. The molecule has 37 heavy (non-hydrogen) atoms. The fourth-order valence-corrected chi connectivity index (χ4v) is 5.82. The van der Waals surface area contributed by atoms with E-state index in [9.17, 15) is 10.2 Å². The van der Waals surface area contributed by atoms with E-state index in [4.69, 9.17) is 0 Å². The van der Waals surface area contributed by atoms with Crippen molar-refractivity contribution in [3.8, 4) is 11.5 Å². The minimum Gasteiger partial charge on any atom is -0.507 e. The second-order valence-corrected chi connectivity index (χ2v) is 11.0. The van der Waals surface area contributed by atoms with Crippen molar-refractivity contribution in [2.24, 2.45) is 0 Å². The molecule has 0 saturated heterocycles. The Hall–Kier alpha value is -3.26. The first-order valence-corrected chi connectivity index (χ1v) is 14.3. The van der Waals surface area contributed by atoms with Crippen LogP contribution >= 0.6 is 0 Å². The minimum atomic E-state index is 0.285. The van der Waals surface area contributed by atoms with Gasteiger partial charge in [0.05, 0.1) is 0 Å². The predicted octanol–water partition coefficient (Wildman–Crippen LogP) is 10.5. The quantitative estimate of drug-likeness (QED) is 0.142. The van der Waals surface area contributed by atoms with Crippen LogP contribution in [-0.2, 0) is 6.42 Å². The van der Waals surface area contributed by atoms with E-state index in [0.717, 1.165) is 55.1 Å². The molecule has 2 heteroatoms. The van der Waals surface area contributed by atoms with Crippen molar-refractivity contribution in [2.45, 2.75) is 84.5 Å². The van der Waals surface area contributed by atoms with Crippen molar-refractivity contribution in [1.29, 1.82) is 0 Å². The molecule has 0 radical (unpaired) electrons. The van der Waals surface area contributed by atoms with E-state index in [2.05, 4.69) is 55.5 Å². The Kier molecular flexibility index (Phi) is 7.84. The third kappa shape index (κ3) is 5.54. The number of unbranched alkanes of at least 4 members (excludes halogenated alkanes) is 9. The van der Waals surface area contributed by atoms with Crippen LogP contribution in [0.15, 0.2) is 60.7 Å². The summed E-state index contributed by atoms with van der Waals surface area (Å²) in [6.45, 7) is 4.31. The van der Waals surface area contributed by atoms with Gasteiger partial charge in [-0.1, -0.05) is 94.5 Å². The van der Waals surface area contributed by atoms with Gasteiger partial charge in [-0.05, 0) is 83.3 Å². The van der Waals surface area contributed by atoms with E-state index in [1.807, 2.05) is 19.1 Å². The van der Waals surface area contributed by atoms with Gasteiger partial charge in [-0.2, -0.15) is 0 Å². The summed E-state index contributed by atoms with van der Waals surface area (Å²) >= 11 is 0. The molecule has 0 aliphatic carbocycles. The van der Waals surface area contributed by atoms with Gasteiger partial charge in [0.2, 0.25) is 0 Å². The van der Waals surface area contributed by atoms with Crippen LogP contribution in [0.2, 0.25) is 0 Å². The van der Waals surface area contributed by atoms with Gasteiger partial charge in [-0.3, -0.25) is 0 Å². The van der Waals surface area contributed by atoms with E-state index in [0.29, 0.717) is 5.75 Å². The fraction of sp³-hybridized carbons (Fsp3) is 0.371. The Bertz CT molecular complexity index is 1550. The molecule has 0 fully saturated rings. The number of hydrogen-bond donors (Lipinski definition) is 2. The van der Waals surface area contributed by atoms with Crippen molar-refractivity contribution in [3.05, 3.63) is 71.8 Å². The van der Waals surface area contributed by atoms with Crippen LogP contribution in [0, 0.1) is 6.92 Å². The van der Waals surface area contributed by atoms with Crippen LogP contribution in [0.5, 0.6) is 11.5 Å². The third-order valence-electron chi connectivity index (χ3n) is 8.01. The lowest BCUT2D eigenvalue weighted by Crippen LogP contribution is -1.88. The first-order chi connectivity index (χ1) is 18.0. The van der Waals surface area contributed by atoms with Crippen molar-refractivity contribution in [1.82, 2.24) is 0 Å². The van der Waals surface area contributed by atoms with E-state index < -0.39 is 0 Å². The molecule has 2 nitrogen and oxygen atoms in total. The molecule has 2 N–H and O–H groups in total. The van der Waals surface area contributed by atoms with E-state index >= 15 is 0 Å². The standard InChI is InChI=1S/C35H40O2/c1-3-4-5-6-7-8-9-10-11-12-13-25-15-17-27-21-29-22-28-20-26-16-14-24(2)18-30(26)34(36)32(28)23-33(29)35(37)31(27)19-25/h14-23,36-37H,3-13H2,1-2H3. The van der Waals surface area contributed by atoms with Gasteiger partial charge in [0, 0.05) is 21.5 Å². The Morgan fingerprint density at radius 2 is 0.973 bits per heavy atom. The molecular weight excluding hydrogens is 452 g/mol. The number of rotatable bonds is 11. The van der Waals surface area contributed by atoms with Crippen LogP contribution in [0.3, 0.4) is 0 Å². The Morgan fingerprint density at radius 3 is 1.59 bits per heavy atom. The predicted molar refractivity (Wildman–Crippen MR) is 160 cm³/mol. The van der Waals surface area contributed by atoms with Gasteiger partial charge in [0.15, 0.2) is 0 Å². The highest BCUT2D eigenvalue weighted by Crippen LogP contribution is 2.41. The maximum atomic E-state index is 11.3. The molecule has 0 amide bonds. The first kappa shape index (κ1) is 25.4. The molecule has 0 aliphatic heterocycles. The van der Waals surface area contributed by atoms with Gasteiger partial charge in [-0.15, -0.1) is 0 Å². The summed E-state index contributed by atoms with van der Waals surface area (Å²) in [6.07, 6.45) is 14.5. The van der Waals surface area contributed by atoms with Crippen molar-refractivity contribution in [3.63, 3.8) is 0 Å². The lowest BCUT2D eigenvalue weighted by Gasteiger charge is -2.12.